The lowest BCUT2D eigenvalue weighted by molar-refractivity contribution is -0.118. The zero-order chi connectivity index (χ0) is 23.6. The van der Waals surface area contributed by atoms with Crippen LogP contribution in [0.25, 0.3) is 10.8 Å². The Morgan fingerprint density at radius 2 is 1.75 bits per heavy atom. The third-order valence-corrected chi connectivity index (χ3v) is 6.67. The average Bonchev–Trinajstić information content (AvgIpc) is 2.74. The first-order chi connectivity index (χ1) is 15.0. The molecule has 0 saturated heterocycles. The summed E-state index contributed by atoms with van der Waals surface area (Å²) in [5.41, 5.74) is 0.523. The van der Waals surface area contributed by atoms with Crippen molar-refractivity contribution in [3.8, 4) is 5.95 Å². The lowest BCUT2D eigenvalue weighted by Crippen LogP contribution is -2.47. The molecular weight excluding hydrogens is 456 g/mol. The highest BCUT2D eigenvalue weighted by Crippen LogP contribution is 2.31. The maximum Gasteiger partial charge on any atom is 0.346 e. The Kier molecular flexibility index (Phi) is 6.92. The molecular formula is C22H23ClN2O6S. The summed E-state index contributed by atoms with van der Waals surface area (Å²) < 4.78 is 38.0. The van der Waals surface area contributed by atoms with Crippen molar-refractivity contribution < 1.29 is 22.4 Å². The minimum Gasteiger partial charge on any atom is -0.467 e. The third kappa shape index (κ3) is 4.95. The fraction of sp³-hybridized carbons (Fsp3) is 0.273. The Morgan fingerprint density at radius 3 is 2.34 bits per heavy atom. The smallest absolute Gasteiger partial charge is 0.346 e. The minimum atomic E-state index is -3.92. The maximum atomic E-state index is 12.9. The predicted molar refractivity (Wildman–Crippen MR) is 123 cm³/mol. The zero-order valence-electron chi connectivity index (χ0n) is 17.9. The summed E-state index contributed by atoms with van der Waals surface area (Å²) in [5, 5.41) is 3.33. The molecule has 0 radical (unpaired) electrons. The van der Waals surface area contributed by atoms with Crippen LogP contribution in [0, 0.1) is 12.8 Å². The van der Waals surface area contributed by atoms with E-state index >= 15 is 0 Å². The molecule has 170 valence electrons. The monoisotopic (exact) mass is 478 g/mol. The van der Waals surface area contributed by atoms with Crippen molar-refractivity contribution >= 4 is 44.0 Å². The van der Waals surface area contributed by atoms with Gasteiger partial charge in [-0.2, -0.15) is 4.72 Å². The highest BCUT2D eigenvalue weighted by molar-refractivity contribution is 7.89. The van der Waals surface area contributed by atoms with Crippen molar-refractivity contribution in [2.75, 3.05) is 12.4 Å². The largest absolute Gasteiger partial charge is 0.467 e. The van der Waals surface area contributed by atoms with Gasteiger partial charge >= 0.3 is 11.6 Å². The molecule has 0 saturated carbocycles. The number of carbonyl (C=O) groups is 1. The van der Waals surface area contributed by atoms with Crippen LogP contribution >= 0.6 is 11.6 Å². The molecule has 2 N–H and O–H groups in total. The van der Waals surface area contributed by atoms with Gasteiger partial charge in [-0.05, 0) is 37.1 Å². The van der Waals surface area contributed by atoms with Gasteiger partial charge < -0.3 is 14.5 Å². The molecule has 0 spiro atoms. The van der Waals surface area contributed by atoms with Crippen molar-refractivity contribution in [3.05, 3.63) is 63.5 Å². The second-order valence-electron chi connectivity index (χ2n) is 7.60. The van der Waals surface area contributed by atoms with Crippen LogP contribution in [0.2, 0.25) is 5.02 Å². The van der Waals surface area contributed by atoms with Gasteiger partial charge in [-0.15, -0.1) is 0 Å². The summed E-state index contributed by atoms with van der Waals surface area (Å²) in [5.74, 6) is -1.02. The summed E-state index contributed by atoms with van der Waals surface area (Å²) in [7, 11) is -2.59. The van der Waals surface area contributed by atoms with Crippen molar-refractivity contribution in [1.29, 1.82) is 0 Å². The van der Waals surface area contributed by atoms with E-state index in [1.165, 1.54) is 25.3 Å². The highest BCUT2D eigenvalue weighted by Gasteiger charge is 2.28. The molecule has 0 fully saturated rings. The van der Waals surface area contributed by atoms with Crippen LogP contribution in [-0.4, -0.2) is 27.5 Å². The predicted octanol–water partition coefficient (Wildman–Crippen LogP) is 3.71. The lowest BCUT2D eigenvalue weighted by Gasteiger charge is -2.22. The van der Waals surface area contributed by atoms with Crippen LogP contribution in [0.15, 0.2) is 56.6 Å². The topological polar surface area (TPSA) is 115 Å². The number of hydrogen-bond acceptors (Lipinski definition) is 6. The van der Waals surface area contributed by atoms with Gasteiger partial charge in [0.1, 0.15) is 11.1 Å². The van der Waals surface area contributed by atoms with Crippen LogP contribution in [0.4, 0.5) is 5.69 Å². The van der Waals surface area contributed by atoms with E-state index in [0.717, 1.165) is 5.56 Å². The summed E-state index contributed by atoms with van der Waals surface area (Å²) in [4.78, 5) is 25.2. The van der Waals surface area contributed by atoms with E-state index in [1.807, 2.05) is 6.92 Å². The van der Waals surface area contributed by atoms with Gasteiger partial charge in [-0.25, -0.2) is 13.2 Å². The first-order valence-electron chi connectivity index (χ1n) is 9.73. The Labute approximate surface area is 190 Å². The number of methoxy groups -OCH3 is 1. The van der Waals surface area contributed by atoms with Crippen molar-refractivity contribution in [2.45, 2.75) is 31.7 Å². The number of carbonyl (C=O) groups excluding carboxylic acids is 1. The average molecular weight is 479 g/mol. The van der Waals surface area contributed by atoms with Crippen molar-refractivity contribution in [2.24, 2.45) is 5.92 Å². The number of benzene rings is 2. The second kappa shape index (κ2) is 9.32. The Hall–Kier alpha value is -2.88. The molecule has 3 aromatic rings. The molecule has 10 heteroatoms. The summed E-state index contributed by atoms with van der Waals surface area (Å²) in [6, 6.07) is 9.79. The van der Waals surface area contributed by atoms with Crippen LogP contribution in [0.3, 0.4) is 0 Å². The molecule has 1 heterocycles. The minimum absolute atomic E-state index is 0.0634. The molecule has 8 nitrogen and oxygen atoms in total. The van der Waals surface area contributed by atoms with Crippen molar-refractivity contribution in [1.82, 2.24) is 4.72 Å². The fourth-order valence-electron chi connectivity index (χ4n) is 3.07. The van der Waals surface area contributed by atoms with E-state index in [0.29, 0.717) is 5.39 Å². The Balaban J connectivity index is 1.87. The molecule has 0 aliphatic heterocycles. The molecule has 1 amide bonds. The number of anilines is 1. The van der Waals surface area contributed by atoms with Gasteiger partial charge in [0.05, 0.1) is 17.4 Å². The van der Waals surface area contributed by atoms with Gasteiger partial charge in [0.25, 0.3) is 0 Å². The first kappa shape index (κ1) is 23.8. The van der Waals surface area contributed by atoms with Crippen LogP contribution in [0.1, 0.15) is 19.4 Å². The zero-order valence-corrected chi connectivity index (χ0v) is 19.5. The summed E-state index contributed by atoms with van der Waals surface area (Å²) >= 11 is 6.18. The maximum absolute atomic E-state index is 12.9. The number of hydrogen-bond donors (Lipinski definition) is 2. The third-order valence-electron chi connectivity index (χ3n) is 4.86. The number of halogens is 1. The molecule has 2 aromatic carbocycles. The fourth-order valence-corrected chi connectivity index (χ4v) is 4.70. The number of ether oxygens (including phenoxy) is 1. The Morgan fingerprint density at radius 1 is 1.09 bits per heavy atom. The number of fused-ring (bicyclic) bond motifs is 1. The first-order valence-corrected chi connectivity index (χ1v) is 11.6. The normalized spacial score (nSPS) is 12.7. The van der Waals surface area contributed by atoms with E-state index in [9.17, 15) is 18.0 Å². The lowest BCUT2D eigenvalue weighted by atomic mass is 10.0. The van der Waals surface area contributed by atoms with Gasteiger partial charge in [0, 0.05) is 11.1 Å². The molecule has 1 atom stereocenters. The Bertz CT molecular complexity index is 1320. The van der Waals surface area contributed by atoms with Crippen molar-refractivity contribution in [3.63, 3.8) is 0 Å². The van der Waals surface area contributed by atoms with Crippen LogP contribution in [-0.2, 0) is 14.8 Å². The van der Waals surface area contributed by atoms with Crippen LogP contribution < -0.4 is 20.4 Å². The molecule has 32 heavy (non-hydrogen) atoms. The van der Waals surface area contributed by atoms with E-state index in [-0.39, 0.29) is 32.9 Å². The quantitative estimate of drug-likeness (QED) is 0.535. The second-order valence-corrected chi connectivity index (χ2v) is 9.69. The molecule has 3 rings (SSSR count). The molecule has 0 aliphatic carbocycles. The summed E-state index contributed by atoms with van der Waals surface area (Å²) in [6.07, 6.45) is 0. The molecule has 0 bridgehead atoms. The number of nitrogens with one attached hydrogen (secondary N) is 2. The van der Waals surface area contributed by atoms with Gasteiger partial charge in [-0.3, -0.25) is 4.79 Å². The van der Waals surface area contributed by atoms with Gasteiger partial charge in [0.2, 0.25) is 15.9 Å². The highest BCUT2D eigenvalue weighted by atomic mass is 35.5. The van der Waals surface area contributed by atoms with E-state index in [1.54, 1.807) is 38.1 Å². The number of amides is 1. The van der Waals surface area contributed by atoms with Gasteiger partial charge in [0.15, 0.2) is 0 Å². The number of rotatable bonds is 7. The molecule has 0 aliphatic rings. The van der Waals surface area contributed by atoms with Crippen LogP contribution in [0.5, 0.6) is 5.95 Å². The number of sulfonamides is 1. The summed E-state index contributed by atoms with van der Waals surface area (Å²) in [6.45, 7) is 5.30. The van der Waals surface area contributed by atoms with Gasteiger partial charge in [-0.1, -0.05) is 49.2 Å². The van der Waals surface area contributed by atoms with E-state index in [4.69, 9.17) is 20.8 Å². The standard InChI is InChI=1S/C22H23ClN2O6S/c1-12(2)19(25-32(28,29)15-8-5-13(3)6-9-15)20(26)24-14-7-10-16-17(11-14)21(27)31-22(30-4)18(16)23/h5-12,19,25H,1-4H3,(H,24,26)/t19-/m0/s1. The molecule has 0 unspecified atom stereocenters. The molecule has 1 aromatic heterocycles. The van der Waals surface area contributed by atoms with E-state index in [2.05, 4.69) is 10.0 Å². The SMILES string of the molecule is COc1oc(=O)c2cc(NC(=O)[C@@H](NS(=O)(=O)c3ccc(C)cc3)C(C)C)ccc2c1Cl. The van der Waals surface area contributed by atoms with E-state index < -0.39 is 27.6 Å². The number of aryl methyl sites for hydroxylation is 1.